The molecule has 1 aliphatic heterocycles. The van der Waals surface area contributed by atoms with Crippen LogP contribution >= 0.6 is 24.0 Å². The second kappa shape index (κ2) is 6.98. The van der Waals surface area contributed by atoms with E-state index in [1.165, 1.54) is 5.39 Å². The minimum Gasteiger partial charge on any atom is -0.480 e. The molecule has 0 bridgehead atoms. The number of nitrogens with zero attached hydrogens (tertiary/aromatic N) is 1. The van der Waals surface area contributed by atoms with Crippen LogP contribution in [0.4, 0.5) is 0 Å². The highest BCUT2D eigenvalue weighted by Gasteiger charge is 2.32. The van der Waals surface area contributed by atoms with Crippen LogP contribution < -0.4 is 0 Å². The van der Waals surface area contributed by atoms with Crippen molar-refractivity contribution in [3.63, 3.8) is 0 Å². The fraction of sp³-hybridized carbons (Fsp3) is 0.0556. The van der Waals surface area contributed by atoms with E-state index in [9.17, 15) is 9.59 Å². The number of allylic oxidation sites excluding steroid dienone is 2. The third-order valence-corrected chi connectivity index (χ3v) is 4.87. The number of carboxylic acids is 1. The van der Waals surface area contributed by atoms with Crippen molar-refractivity contribution in [3.05, 3.63) is 65.1 Å². The number of aliphatic carboxylic acids is 1. The van der Waals surface area contributed by atoms with Gasteiger partial charge in [0, 0.05) is 0 Å². The Morgan fingerprint density at radius 2 is 1.96 bits per heavy atom. The van der Waals surface area contributed by atoms with Gasteiger partial charge in [-0.1, -0.05) is 72.5 Å². The molecule has 120 valence electrons. The number of thiocarbonyl (C=S) groups is 1. The van der Waals surface area contributed by atoms with Crippen LogP contribution in [-0.2, 0) is 9.59 Å². The molecule has 4 nitrogen and oxygen atoms in total. The highest BCUT2D eigenvalue weighted by atomic mass is 32.2. The predicted octanol–water partition coefficient (Wildman–Crippen LogP) is 3.68. The third kappa shape index (κ3) is 3.55. The lowest BCUT2D eigenvalue weighted by Crippen LogP contribution is -2.33. The highest BCUT2D eigenvalue weighted by Crippen LogP contribution is 2.30. The summed E-state index contributed by atoms with van der Waals surface area (Å²) >= 11 is 6.17. The molecule has 24 heavy (non-hydrogen) atoms. The van der Waals surface area contributed by atoms with E-state index >= 15 is 0 Å². The molecule has 2 aromatic carbocycles. The largest absolute Gasteiger partial charge is 0.480 e. The number of hydrogen-bond donors (Lipinski definition) is 1. The van der Waals surface area contributed by atoms with Crippen molar-refractivity contribution in [1.29, 1.82) is 0 Å². The van der Waals surface area contributed by atoms with Crippen molar-refractivity contribution in [3.8, 4) is 0 Å². The van der Waals surface area contributed by atoms with E-state index in [2.05, 4.69) is 12.1 Å². The number of rotatable bonds is 4. The predicted molar refractivity (Wildman–Crippen MR) is 101 cm³/mol. The standard InChI is InChI=1S/C18H13NO3S2/c20-16(21)11-19-17(22)15(24-18(19)23)7-3-4-12-8-9-13-5-1-2-6-14(13)10-12/h1-10H,11H2,(H,20,21)/b4-3+,15-7-. The van der Waals surface area contributed by atoms with Gasteiger partial charge in [-0.3, -0.25) is 14.5 Å². The first-order chi connectivity index (χ1) is 11.5. The lowest BCUT2D eigenvalue weighted by atomic mass is 10.1. The Morgan fingerprint density at radius 3 is 2.71 bits per heavy atom. The maximum atomic E-state index is 12.1. The Balaban J connectivity index is 1.77. The number of thioether (sulfide) groups is 1. The van der Waals surface area contributed by atoms with Gasteiger partial charge in [0.1, 0.15) is 10.9 Å². The van der Waals surface area contributed by atoms with Crippen LogP contribution in [0.25, 0.3) is 16.8 Å². The summed E-state index contributed by atoms with van der Waals surface area (Å²) in [6.45, 7) is -0.406. The minimum atomic E-state index is -1.08. The first-order valence-electron chi connectivity index (χ1n) is 7.17. The Labute approximate surface area is 148 Å². The summed E-state index contributed by atoms with van der Waals surface area (Å²) in [5.74, 6) is -1.45. The molecule has 1 N–H and O–H groups in total. The van der Waals surface area contributed by atoms with Crippen LogP contribution in [0.5, 0.6) is 0 Å². The van der Waals surface area contributed by atoms with Crippen LogP contribution in [0.1, 0.15) is 5.56 Å². The molecule has 1 fully saturated rings. The summed E-state index contributed by atoms with van der Waals surface area (Å²) in [5.41, 5.74) is 1.02. The summed E-state index contributed by atoms with van der Waals surface area (Å²) in [6, 6.07) is 14.2. The third-order valence-electron chi connectivity index (χ3n) is 3.48. The molecule has 3 rings (SSSR count). The molecule has 0 aliphatic carbocycles. The molecule has 2 aromatic rings. The van der Waals surface area contributed by atoms with E-state index in [-0.39, 0.29) is 10.2 Å². The second-order valence-electron chi connectivity index (χ2n) is 5.15. The molecular weight excluding hydrogens is 342 g/mol. The van der Waals surface area contributed by atoms with Gasteiger partial charge in [0.25, 0.3) is 5.91 Å². The number of carbonyl (C=O) groups is 2. The smallest absolute Gasteiger partial charge is 0.323 e. The number of hydrogen-bond acceptors (Lipinski definition) is 4. The van der Waals surface area contributed by atoms with Crippen LogP contribution in [0, 0.1) is 0 Å². The Kier molecular flexibility index (Phi) is 4.78. The summed E-state index contributed by atoms with van der Waals surface area (Å²) < 4.78 is 0.271. The molecule has 0 saturated carbocycles. The number of carboxylic acid groups (broad SMARTS) is 1. The van der Waals surface area contributed by atoms with Crippen molar-refractivity contribution >= 4 is 57.0 Å². The average molecular weight is 355 g/mol. The lowest BCUT2D eigenvalue weighted by molar-refractivity contribution is -0.140. The summed E-state index contributed by atoms with van der Waals surface area (Å²) in [7, 11) is 0. The maximum absolute atomic E-state index is 12.1. The zero-order valence-electron chi connectivity index (χ0n) is 12.5. The summed E-state index contributed by atoms with van der Waals surface area (Å²) in [5, 5.41) is 11.1. The molecule has 1 saturated heterocycles. The van der Waals surface area contributed by atoms with Gasteiger partial charge in [0.05, 0.1) is 4.91 Å². The van der Waals surface area contributed by atoms with Crippen molar-refractivity contribution in [2.75, 3.05) is 6.54 Å². The van der Waals surface area contributed by atoms with Crippen molar-refractivity contribution in [1.82, 2.24) is 4.90 Å². The van der Waals surface area contributed by atoms with E-state index < -0.39 is 12.5 Å². The Bertz CT molecular complexity index is 902. The zero-order valence-corrected chi connectivity index (χ0v) is 14.1. The summed E-state index contributed by atoms with van der Waals surface area (Å²) in [6.07, 6.45) is 5.34. The van der Waals surface area contributed by atoms with E-state index in [1.807, 2.05) is 36.4 Å². The second-order valence-corrected chi connectivity index (χ2v) is 6.83. The fourth-order valence-electron chi connectivity index (χ4n) is 2.34. The molecule has 0 unspecified atom stereocenters. The van der Waals surface area contributed by atoms with Crippen LogP contribution in [0.15, 0.2) is 59.5 Å². The zero-order chi connectivity index (χ0) is 17.1. The minimum absolute atomic E-state index is 0.271. The average Bonchev–Trinajstić information content (AvgIpc) is 2.82. The van der Waals surface area contributed by atoms with Gasteiger partial charge >= 0.3 is 5.97 Å². The molecule has 0 atom stereocenters. The lowest BCUT2D eigenvalue weighted by Gasteiger charge is -2.09. The van der Waals surface area contributed by atoms with Gasteiger partial charge in [0.2, 0.25) is 0 Å². The number of benzene rings is 2. The first-order valence-corrected chi connectivity index (χ1v) is 8.40. The van der Waals surface area contributed by atoms with E-state index in [0.29, 0.717) is 4.91 Å². The van der Waals surface area contributed by atoms with Gasteiger partial charge in [-0.2, -0.15) is 0 Å². The Hall–Kier alpha value is -2.44. The van der Waals surface area contributed by atoms with Gasteiger partial charge in [-0.15, -0.1) is 0 Å². The molecule has 6 heteroatoms. The highest BCUT2D eigenvalue weighted by molar-refractivity contribution is 8.26. The van der Waals surface area contributed by atoms with Gasteiger partial charge in [-0.25, -0.2) is 0 Å². The maximum Gasteiger partial charge on any atom is 0.323 e. The van der Waals surface area contributed by atoms with Gasteiger partial charge in [0.15, 0.2) is 0 Å². The molecule has 1 amide bonds. The van der Waals surface area contributed by atoms with Crippen LogP contribution in [-0.4, -0.2) is 32.7 Å². The topological polar surface area (TPSA) is 57.6 Å². The number of amides is 1. The van der Waals surface area contributed by atoms with Crippen molar-refractivity contribution < 1.29 is 14.7 Å². The molecule has 0 radical (unpaired) electrons. The van der Waals surface area contributed by atoms with E-state index in [4.69, 9.17) is 17.3 Å². The van der Waals surface area contributed by atoms with Crippen molar-refractivity contribution in [2.45, 2.75) is 0 Å². The quantitative estimate of drug-likeness (QED) is 0.670. The monoisotopic (exact) mass is 355 g/mol. The summed E-state index contributed by atoms with van der Waals surface area (Å²) in [4.78, 5) is 24.4. The number of carbonyl (C=O) groups excluding carboxylic acids is 1. The van der Waals surface area contributed by atoms with Gasteiger partial charge < -0.3 is 5.11 Å². The first kappa shape index (κ1) is 16.4. The molecule has 0 aromatic heterocycles. The number of fused-ring (bicyclic) bond motifs is 1. The van der Waals surface area contributed by atoms with Gasteiger partial charge in [-0.05, 0) is 28.5 Å². The van der Waals surface area contributed by atoms with Crippen LogP contribution in [0.2, 0.25) is 0 Å². The van der Waals surface area contributed by atoms with E-state index in [1.54, 1.807) is 12.2 Å². The Morgan fingerprint density at radius 1 is 1.21 bits per heavy atom. The molecule has 1 heterocycles. The SMILES string of the molecule is O=C(O)CN1C(=O)/C(=C/C=C/c2ccc3ccccc3c2)SC1=S. The normalized spacial score (nSPS) is 16.7. The van der Waals surface area contributed by atoms with Crippen molar-refractivity contribution in [2.24, 2.45) is 0 Å². The van der Waals surface area contributed by atoms with Crippen LogP contribution in [0.3, 0.4) is 0 Å². The molecular formula is C18H13NO3S2. The molecule has 0 spiro atoms. The molecule has 1 aliphatic rings. The fourth-order valence-corrected chi connectivity index (χ4v) is 3.55. The van der Waals surface area contributed by atoms with E-state index in [0.717, 1.165) is 27.6 Å².